The molecule has 1 aromatic heterocycles. The fraction of sp³-hybridized carbons (Fsp3) is 0.400. The van der Waals surface area contributed by atoms with Crippen molar-refractivity contribution in [3.8, 4) is 5.69 Å². The van der Waals surface area contributed by atoms with Gasteiger partial charge >= 0.3 is 0 Å². The molecule has 2 rings (SSSR count). The number of hydrogen-bond donors (Lipinski definition) is 1. The van der Waals surface area contributed by atoms with Gasteiger partial charge in [0, 0.05) is 22.8 Å². The van der Waals surface area contributed by atoms with Crippen molar-refractivity contribution in [3.05, 3.63) is 46.2 Å². The number of nitrogens with one attached hydrogen (secondary N) is 1. The monoisotopic (exact) mass is 321 g/mol. The maximum Gasteiger partial charge on any atom is 0.0790 e. The summed E-state index contributed by atoms with van der Waals surface area (Å²) >= 11 is 3.62. The largest absolute Gasteiger partial charge is 0.306 e. The van der Waals surface area contributed by atoms with Crippen molar-refractivity contribution >= 4 is 15.9 Å². The summed E-state index contributed by atoms with van der Waals surface area (Å²) in [5, 5.41) is 8.05. The molecule has 0 fully saturated rings. The SMILES string of the molecule is Cc1cccc(-n2ccc(CNC(C)(C)C)n2)c1Br. The molecule has 2 aromatic rings. The van der Waals surface area contributed by atoms with Crippen LogP contribution in [0.2, 0.25) is 0 Å². The minimum atomic E-state index is 0.105. The molecule has 0 unspecified atom stereocenters. The Balaban J connectivity index is 2.19. The van der Waals surface area contributed by atoms with E-state index in [0.717, 1.165) is 22.4 Å². The molecular formula is C15H20BrN3. The first-order valence-corrected chi connectivity index (χ1v) is 7.21. The maximum atomic E-state index is 4.61. The Morgan fingerprint density at radius 1 is 1.26 bits per heavy atom. The molecule has 0 radical (unpaired) electrons. The summed E-state index contributed by atoms with van der Waals surface area (Å²) in [7, 11) is 0. The molecule has 0 bridgehead atoms. The Morgan fingerprint density at radius 3 is 2.68 bits per heavy atom. The lowest BCUT2D eigenvalue weighted by atomic mass is 10.1. The molecule has 0 saturated heterocycles. The van der Waals surface area contributed by atoms with Crippen LogP contribution in [-0.4, -0.2) is 15.3 Å². The molecule has 3 nitrogen and oxygen atoms in total. The third kappa shape index (κ3) is 3.67. The number of hydrogen-bond acceptors (Lipinski definition) is 2. The molecule has 0 aliphatic carbocycles. The standard InChI is InChI=1S/C15H20BrN3/c1-11-6-5-7-13(14(11)16)19-9-8-12(18-19)10-17-15(2,3)4/h5-9,17H,10H2,1-4H3. The Hall–Kier alpha value is -1.13. The number of aryl methyl sites for hydroxylation is 1. The fourth-order valence-corrected chi connectivity index (χ4v) is 2.20. The van der Waals surface area contributed by atoms with E-state index in [4.69, 9.17) is 0 Å². The summed E-state index contributed by atoms with van der Waals surface area (Å²) in [5.74, 6) is 0. The third-order valence-electron chi connectivity index (χ3n) is 2.86. The van der Waals surface area contributed by atoms with Crippen molar-refractivity contribution in [3.63, 3.8) is 0 Å². The summed E-state index contributed by atoms with van der Waals surface area (Å²) in [4.78, 5) is 0. The third-order valence-corrected chi connectivity index (χ3v) is 3.89. The van der Waals surface area contributed by atoms with Gasteiger partial charge in [-0.3, -0.25) is 0 Å². The Bertz CT molecular complexity index is 567. The van der Waals surface area contributed by atoms with Gasteiger partial charge in [-0.25, -0.2) is 4.68 Å². The molecule has 1 N–H and O–H groups in total. The van der Waals surface area contributed by atoms with Gasteiger partial charge in [-0.15, -0.1) is 0 Å². The summed E-state index contributed by atoms with van der Waals surface area (Å²) in [6, 6.07) is 8.24. The van der Waals surface area contributed by atoms with Crippen LogP contribution in [0.5, 0.6) is 0 Å². The first-order chi connectivity index (χ1) is 8.87. The zero-order valence-corrected chi connectivity index (χ0v) is 13.5. The minimum absolute atomic E-state index is 0.105. The summed E-state index contributed by atoms with van der Waals surface area (Å²) < 4.78 is 3.00. The van der Waals surface area contributed by atoms with Gasteiger partial charge in [0.1, 0.15) is 0 Å². The van der Waals surface area contributed by atoms with Gasteiger partial charge in [0.05, 0.1) is 11.4 Å². The highest BCUT2D eigenvalue weighted by Crippen LogP contribution is 2.24. The van der Waals surface area contributed by atoms with E-state index in [9.17, 15) is 0 Å². The zero-order valence-electron chi connectivity index (χ0n) is 11.9. The lowest BCUT2D eigenvalue weighted by Crippen LogP contribution is -2.35. The first kappa shape index (κ1) is 14.3. The average Bonchev–Trinajstić information content (AvgIpc) is 2.78. The van der Waals surface area contributed by atoms with Crippen LogP contribution in [0.15, 0.2) is 34.9 Å². The highest BCUT2D eigenvalue weighted by Gasteiger charge is 2.11. The van der Waals surface area contributed by atoms with Gasteiger partial charge in [0.15, 0.2) is 0 Å². The second-order valence-corrected chi connectivity index (χ2v) is 6.56. The van der Waals surface area contributed by atoms with Crippen molar-refractivity contribution < 1.29 is 0 Å². The predicted molar refractivity (Wildman–Crippen MR) is 82.6 cm³/mol. The molecule has 102 valence electrons. The van der Waals surface area contributed by atoms with Gasteiger partial charge < -0.3 is 5.32 Å². The van der Waals surface area contributed by atoms with Gasteiger partial charge in [-0.05, 0) is 61.3 Å². The zero-order chi connectivity index (χ0) is 14.0. The maximum absolute atomic E-state index is 4.61. The van der Waals surface area contributed by atoms with E-state index in [1.165, 1.54) is 5.56 Å². The Morgan fingerprint density at radius 2 is 2.00 bits per heavy atom. The van der Waals surface area contributed by atoms with Crippen LogP contribution in [0.4, 0.5) is 0 Å². The number of halogens is 1. The number of nitrogens with zero attached hydrogens (tertiary/aromatic N) is 2. The van der Waals surface area contributed by atoms with Crippen LogP contribution in [0.3, 0.4) is 0 Å². The van der Waals surface area contributed by atoms with Crippen LogP contribution in [0, 0.1) is 6.92 Å². The first-order valence-electron chi connectivity index (χ1n) is 6.42. The highest BCUT2D eigenvalue weighted by atomic mass is 79.9. The van der Waals surface area contributed by atoms with Crippen molar-refractivity contribution in [2.45, 2.75) is 39.8 Å². The highest BCUT2D eigenvalue weighted by molar-refractivity contribution is 9.10. The molecule has 1 heterocycles. The van der Waals surface area contributed by atoms with E-state index in [1.807, 2.05) is 23.0 Å². The van der Waals surface area contributed by atoms with Gasteiger partial charge in [-0.2, -0.15) is 5.10 Å². The van der Waals surface area contributed by atoms with Crippen molar-refractivity contribution in [1.29, 1.82) is 0 Å². The van der Waals surface area contributed by atoms with Crippen LogP contribution < -0.4 is 5.32 Å². The molecule has 0 aliphatic heterocycles. The van der Waals surface area contributed by atoms with Gasteiger partial charge in [0.25, 0.3) is 0 Å². The summed E-state index contributed by atoms with van der Waals surface area (Å²) in [6.45, 7) is 9.32. The quantitative estimate of drug-likeness (QED) is 0.931. The van der Waals surface area contributed by atoms with E-state index >= 15 is 0 Å². The minimum Gasteiger partial charge on any atom is -0.306 e. The second kappa shape index (κ2) is 5.47. The van der Waals surface area contributed by atoms with Crippen LogP contribution >= 0.6 is 15.9 Å². The lowest BCUT2D eigenvalue weighted by molar-refractivity contribution is 0.420. The fourth-order valence-electron chi connectivity index (χ4n) is 1.75. The Kier molecular flexibility index (Phi) is 4.11. The molecule has 0 saturated carbocycles. The Labute approximate surface area is 123 Å². The topological polar surface area (TPSA) is 29.9 Å². The molecule has 0 aliphatic rings. The number of rotatable bonds is 3. The number of aromatic nitrogens is 2. The molecule has 0 amide bonds. The van der Waals surface area contributed by atoms with Gasteiger partial charge in [0.2, 0.25) is 0 Å². The van der Waals surface area contributed by atoms with Crippen LogP contribution in [0.1, 0.15) is 32.0 Å². The van der Waals surface area contributed by atoms with Crippen molar-refractivity contribution in [1.82, 2.24) is 15.1 Å². The smallest absolute Gasteiger partial charge is 0.0790 e. The summed E-state index contributed by atoms with van der Waals surface area (Å²) in [5.41, 5.74) is 3.43. The molecule has 0 atom stereocenters. The molecule has 1 aromatic carbocycles. The lowest BCUT2D eigenvalue weighted by Gasteiger charge is -2.19. The van der Waals surface area contributed by atoms with E-state index in [2.05, 4.69) is 66.2 Å². The van der Waals surface area contributed by atoms with E-state index in [1.54, 1.807) is 0 Å². The van der Waals surface area contributed by atoms with Crippen molar-refractivity contribution in [2.24, 2.45) is 0 Å². The molecular weight excluding hydrogens is 302 g/mol. The second-order valence-electron chi connectivity index (χ2n) is 5.76. The number of benzene rings is 1. The van der Waals surface area contributed by atoms with Crippen molar-refractivity contribution in [2.75, 3.05) is 0 Å². The molecule has 19 heavy (non-hydrogen) atoms. The predicted octanol–water partition coefficient (Wildman–Crippen LogP) is 3.83. The molecule has 4 heteroatoms. The summed E-state index contributed by atoms with van der Waals surface area (Å²) in [6.07, 6.45) is 2.00. The normalized spacial score (nSPS) is 11.8. The van der Waals surface area contributed by atoms with E-state index < -0.39 is 0 Å². The molecule has 0 spiro atoms. The van der Waals surface area contributed by atoms with Gasteiger partial charge in [-0.1, -0.05) is 12.1 Å². The van der Waals surface area contributed by atoms with Crippen LogP contribution in [0.25, 0.3) is 5.69 Å². The van der Waals surface area contributed by atoms with E-state index in [0.29, 0.717) is 0 Å². The van der Waals surface area contributed by atoms with Crippen LogP contribution in [-0.2, 0) is 6.54 Å². The average molecular weight is 322 g/mol. The van der Waals surface area contributed by atoms with E-state index in [-0.39, 0.29) is 5.54 Å².